The van der Waals surface area contributed by atoms with Gasteiger partial charge in [0, 0.05) is 20.0 Å². The van der Waals surface area contributed by atoms with Crippen molar-refractivity contribution < 1.29 is 18.0 Å². The second-order valence-electron chi connectivity index (χ2n) is 8.61. The Bertz CT molecular complexity index is 1370. The van der Waals surface area contributed by atoms with Gasteiger partial charge < -0.3 is 10.2 Å². The first-order valence-corrected chi connectivity index (χ1v) is 14.1. The molecule has 0 radical (unpaired) electrons. The van der Waals surface area contributed by atoms with Crippen LogP contribution in [0.5, 0.6) is 0 Å². The zero-order chi connectivity index (χ0) is 27.2. The van der Waals surface area contributed by atoms with E-state index in [4.69, 9.17) is 23.2 Å². The Hall–Kier alpha value is -3.07. The van der Waals surface area contributed by atoms with Gasteiger partial charge in [-0.05, 0) is 35.7 Å². The molecule has 37 heavy (non-hydrogen) atoms. The lowest BCUT2D eigenvalue weighted by Crippen LogP contribution is -2.53. The van der Waals surface area contributed by atoms with Crippen molar-refractivity contribution in [2.24, 2.45) is 0 Å². The molecule has 0 bridgehead atoms. The quantitative estimate of drug-likeness (QED) is 0.396. The highest BCUT2D eigenvalue weighted by Crippen LogP contribution is 2.34. The number of carbonyl (C=O) groups is 2. The number of amides is 2. The predicted octanol–water partition coefficient (Wildman–Crippen LogP) is 4.45. The maximum absolute atomic E-state index is 13.9. The zero-order valence-corrected chi connectivity index (χ0v) is 23.1. The lowest BCUT2D eigenvalue weighted by molar-refractivity contribution is -0.139. The standard InChI is InChI=1S/C27H29Cl2N3O4S/c1-19-10-7-8-13-21(19)17-31(24(27(34)30-2)16-20-11-5-4-6-12-20)25(33)18-32(37(3,35)36)23-15-9-14-22(28)26(23)29/h4-15,24H,16-18H2,1-3H3,(H,30,34)/t24-/m1/s1. The highest BCUT2D eigenvalue weighted by molar-refractivity contribution is 7.92. The van der Waals surface area contributed by atoms with E-state index >= 15 is 0 Å². The molecular formula is C27H29Cl2N3O4S. The van der Waals surface area contributed by atoms with Gasteiger partial charge in [-0.2, -0.15) is 0 Å². The van der Waals surface area contributed by atoms with E-state index in [0.29, 0.717) is 0 Å². The number of anilines is 1. The van der Waals surface area contributed by atoms with Crippen molar-refractivity contribution in [1.29, 1.82) is 0 Å². The Morgan fingerprint density at radius 3 is 2.22 bits per heavy atom. The molecule has 10 heteroatoms. The topological polar surface area (TPSA) is 86.8 Å². The second-order valence-corrected chi connectivity index (χ2v) is 11.3. The summed E-state index contributed by atoms with van der Waals surface area (Å²) < 4.78 is 26.5. The van der Waals surface area contributed by atoms with Crippen molar-refractivity contribution in [3.05, 3.63) is 99.5 Å². The van der Waals surface area contributed by atoms with Crippen LogP contribution in [0.25, 0.3) is 0 Å². The van der Waals surface area contributed by atoms with E-state index in [1.807, 2.05) is 61.5 Å². The fraction of sp³-hybridized carbons (Fsp3) is 0.259. The highest BCUT2D eigenvalue weighted by atomic mass is 35.5. The molecule has 1 N–H and O–H groups in total. The van der Waals surface area contributed by atoms with Crippen molar-refractivity contribution in [2.75, 3.05) is 24.2 Å². The summed E-state index contributed by atoms with van der Waals surface area (Å²) in [6.45, 7) is 1.46. The molecule has 0 saturated heterocycles. The number of aryl methyl sites for hydroxylation is 1. The van der Waals surface area contributed by atoms with E-state index in [1.165, 1.54) is 24.1 Å². The van der Waals surface area contributed by atoms with Crippen molar-refractivity contribution >= 4 is 50.7 Å². The number of halogens is 2. The molecule has 1 atom stereocenters. The van der Waals surface area contributed by atoms with Crippen LogP contribution in [-0.4, -0.2) is 51.0 Å². The molecule has 196 valence electrons. The summed E-state index contributed by atoms with van der Waals surface area (Å²) in [5.74, 6) is -0.924. The van der Waals surface area contributed by atoms with E-state index < -0.39 is 28.5 Å². The van der Waals surface area contributed by atoms with Crippen molar-refractivity contribution in [3.63, 3.8) is 0 Å². The van der Waals surface area contributed by atoms with Gasteiger partial charge in [-0.1, -0.05) is 83.9 Å². The van der Waals surface area contributed by atoms with Crippen molar-refractivity contribution in [1.82, 2.24) is 10.2 Å². The van der Waals surface area contributed by atoms with Crippen LogP contribution in [0.1, 0.15) is 16.7 Å². The summed E-state index contributed by atoms with van der Waals surface area (Å²) >= 11 is 12.5. The molecule has 0 fully saturated rings. The minimum absolute atomic E-state index is 0.0139. The highest BCUT2D eigenvalue weighted by Gasteiger charge is 2.33. The van der Waals surface area contributed by atoms with Crippen LogP contribution in [0, 0.1) is 6.92 Å². The van der Waals surface area contributed by atoms with Gasteiger partial charge in [0.1, 0.15) is 12.6 Å². The second kappa shape index (κ2) is 12.4. The number of hydrogen-bond acceptors (Lipinski definition) is 4. The molecule has 0 unspecified atom stereocenters. The predicted molar refractivity (Wildman–Crippen MR) is 148 cm³/mol. The molecule has 3 aromatic carbocycles. The molecule has 0 aliphatic heterocycles. The van der Waals surface area contributed by atoms with Gasteiger partial charge in [-0.15, -0.1) is 0 Å². The van der Waals surface area contributed by atoms with Crippen LogP contribution >= 0.6 is 23.2 Å². The number of nitrogens with one attached hydrogen (secondary N) is 1. The maximum atomic E-state index is 13.9. The van der Waals surface area contributed by atoms with Crippen LogP contribution in [0.4, 0.5) is 5.69 Å². The normalized spacial score (nSPS) is 12.0. The zero-order valence-electron chi connectivity index (χ0n) is 20.8. The average molecular weight is 563 g/mol. The first-order valence-electron chi connectivity index (χ1n) is 11.5. The lowest BCUT2D eigenvalue weighted by atomic mass is 10.0. The van der Waals surface area contributed by atoms with Gasteiger partial charge in [0.05, 0.1) is 22.0 Å². The summed E-state index contributed by atoms with van der Waals surface area (Å²) in [7, 11) is -2.43. The van der Waals surface area contributed by atoms with Crippen LogP contribution in [0.15, 0.2) is 72.8 Å². The number of nitrogens with zero attached hydrogens (tertiary/aromatic N) is 2. The Labute approximate surface area is 228 Å². The first-order chi connectivity index (χ1) is 17.5. The Morgan fingerprint density at radius 1 is 0.946 bits per heavy atom. The Kier molecular flexibility index (Phi) is 9.59. The number of likely N-dealkylation sites (N-methyl/N-ethyl adjacent to an activating group) is 1. The summed E-state index contributed by atoms with van der Waals surface area (Å²) in [6.07, 6.45) is 1.23. The smallest absolute Gasteiger partial charge is 0.244 e. The molecule has 3 rings (SSSR count). The SMILES string of the molecule is CNC(=O)[C@@H](Cc1ccccc1)N(Cc1ccccc1C)C(=O)CN(c1cccc(Cl)c1Cl)S(C)(=O)=O. The molecule has 0 aromatic heterocycles. The van der Waals surface area contributed by atoms with Gasteiger partial charge in [0.25, 0.3) is 0 Å². The summed E-state index contributed by atoms with van der Waals surface area (Å²) in [4.78, 5) is 28.4. The van der Waals surface area contributed by atoms with E-state index in [2.05, 4.69) is 5.32 Å². The van der Waals surface area contributed by atoms with Gasteiger partial charge in [0.15, 0.2) is 0 Å². The average Bonchev–Trinajstić information content (AvgIpc) is 2.87. The van der Waals surface area contributed by atoms with Crippen LogP contribution in [0.3, 0.4) is 0 Å². The van der Waals surface area contributed by atoms with Crippen LogP contribution in [0.2, 0.25) is 10.0 Å². The fourth-order valence-electron chi connectivity index (χ4n) is 3.97. The van der Waals surface area contributed by atoms with Gasteiger partial charge in [-0.25, -0.2) is 8.42 Å². The van der Waals surface area contributed by atoms with Gasteiger partial charge in [0.2, 0.25) is 21.8 Å². The lowest BCUT2D eigenvalue weighted by Gasteiger charge is -2.33. The van der Waals surface area contributed by atoms with E-state index in [0.717, 1.165) is 27.3 Å². The number of rotatable bonds is 10. The van der Waals surface area contributed by atoms with Crippen molar-refractivity contribution in [2.45, 2.75) is 25.9 Å². The largest absolute Gasteiger partial charge is 0.357 e. The molecule has 0 heterocycles. The molecule has 3 aromatic rings. The number of benzene rings is 3. The molecule has 0 saturated carbocycles. The molecular weight excluding hydrogens is 533 g/mol. The van der Waals surface area contributed by atoms with Crippen LogP contribution in [-0.2, 0) is 32.6 Å². The summed E-state index contributed by atoms with van der Waals surface area (Å²) in [5.41, 5.74) is 2.72. The first kappa shape index (κ1) is 28.5. The van der Waals surface area contributed by atoms with Crippen LogP contribution < -0.4 is 9.62 Å². The third-order valence-corrected chi connectivity index (χ3v) is 7.93. The Balaban J connectivity index is 2.07. The van der Waals surface area contributed by atoms with E-state index in [-0.39, 0.29) is 34.6 Å². The molecule has 0 aliphatic carbocycles. The molecule has 0 aliphatic rings. The van der Waals surface area contributed by atoms with E-state index in [9.17, 15) is 18.0 Å². The number of carbonyl (C=O) groups excluding carboxylic acids is 2. The molecule has 2 amide bonds. The summed E-state index contributed by atoms with van der Waals surface area (Å²) in [5, 5.41) is 2.82. The van der Waals surface area contributed by atoms with Crippen molar-refractivity contribution in [3.8, 4) is 0 Å². The number of hydrogen-bond donors (Lipinski definition) is 1. The van der Waals surface area contributed by atoms with E-state index in [1.54, 1.807) is 6.07 Å². The van der Waals surface area contributed by atoms with Gasteiger partial charge >= 0.3 is 0 Å². The minimum atomic E-state index is -3.94. The maximum Gasteiger partial charge on any atom is 0.244 e. The molecule has 7 nitrogen and oxygen atoms in total. The number of sulfonamides is 1. The molecule has 0 spiro atoms. The fourth-order valence-corrected chi connectivity index (χ4v) is 5.27. The monoisotopic (exact) mass is 561 g/mol. The third kappa shape index (κ3) is 7.25. The minimum Gasteiger partial charge on any atom is -0.357 e. The summed E-state index contributed by atoms with van der Waals surface area (Å²) in [6, 6.07) is 20.5. The van der Waals surface area contributed by atoms with Gasteiger partial charge in [-0.3, -0.25) is 13.9 Å². The third-order valence-electron chi connectivity index (χ3n) is 6.00. The Morgan fingerprint density at radius 2 is 1.59 bits per heavy atom.